The topological polar surface area (TPSA) is 295 Å². The van der Waals surface area contributed by atoms with E-state index in [1.807, 2.05) is 0 Å². The number of methoxy groups -OCH3 is 2. The van der Waals surface area contributed by atoms with Gasteiger partial charge in [0, 0.05) is 30.3 Å². The van der Waals surface area contributed by atoms with Gasteiger partial charge in [-0.05, 0) is 23.8 Å². The van der Waals surface area contributed by atoms with E-state index in [-0.39, 0.29) is 56.8 Å². The van der Waals surface area contributed by atoms with Gasteiger partial charge in [-0.2, -0.15) is 0 Å². The van der Waals surface area contributed by atoms with E-state index in [0.29, 0.717) is 5.56 Å². The third kappa shape index (κ3) is 8.76. The number of phenolic OH excluding ortho intramolecular Hbond substituents is 3. The summed E-state index contributed by atoms with van der Waals surface area (Å²) in [5.41, 5.74) is 0.617. The smallest absolute Gasteiger partial charge is 0.402 e. The van der Waals surface area contributed by atoms with Crippen LogP contribution in [0.5, 0.6) is 40.2 Å². The van der Waals surface area contributed by atoms with E-state index in [9.17, 15) is 55.9 Å². The second kappa shape index (κ2) is 17.3. The van der Waals surface area contributed by atoms with Gasteiger partial charge in [-0.3, -0.25) is 0 Å². The Morgan fingerprint density at radius 2 is 1.28 bits per heavy atom. The van der Waals surface area contributed by atoms with Crippen molar-refractivity contribution in [3.05, 3.63) is 66.2 Å². The second-order valence-electron chi connectivity index (χ2n) is 13.0. The van der Waals surface area contributed by atoms with Crippen LogP contribution >= 0.6 is 0 Å². The highest BCUT2D eigenvalue weighted by Crippen LogP contribution is 2.46. The Labute approximate surface area is 322 Å². The molecule has 4 unspecified atom stereocenters. The molecule has 10 atom stereocenters. The van der Waals surface area contributed by atoms with Crippen LogP contribution in [0, 0.1) is 0 Å². The molecule has 6 rings (SSSR count). The van der Waals surface area contributed by atoms with Gasteiger partial charge in [0.15, 0.2) is 11.5 Å². The maximum Gasteiger partial charge on any atom is 0.402 e. The SMILES string of the molecule is COc1cc(-c2[o+]c3cc(O)cc(O[C@@H]4OC(CO)[C@@H](O)[C@H](O)C4O)c3cc2O[C@@H]2O[C@H](COC(=O)/C=C\c3ccc(O)cc3)[C@@H](O)C(O)C2O)cc(OC)c1O. The lowest BCUT2D eigenvalue weighted by atomic mass is 9.99. The number of aliphatic hydroxyl groups excluding tert-OH is 7. The lowest BCUT2D eigenvalue weighted by Gasteiger charge is -2.39. The number of hydrogen-bond donors (Lipinski definition) is 10. The first-order chi connectivity index (χ1) is 27.2. The summed E-state index contributed by atoms with van der Waals surface area (Å²) in [5, 5.41) is 104. The van der Waals surface area contributed by atoms with E-state index in [2.05, 4.69) is 0 Å². The van der Waals surface area contributed by atoms with Gasteiger partial charge in [0.2, 0.25) is 24.1 Å². The number of esters is 1. The zero-order chi connectivity index (χ0) is 41.1. The van der Waals surface area contributed by atoms with Gasteiger partial charge in [0.25, 0.3) is 0 Å². The van der Waals surface area contributed by atoms with Crippen molar-refractivity contribution < 1.29 is 93.4 Å². The molecule has 0 saturated carbocycles. The quantitative estimate of drug-likeness (QED) is 0.0518. The molecule has 0 bridgehead atoms. The minimum absolute atomic E-state index is 0.0120. The lowest BCUT2D eigenvalue weighted by molar-refractivity contribution is -0.278. The molecular formula is C38H41O19+. The standard InChI is InChI=1S/C38H40O19/c1-50-23-9-17(10-24(51-2)29(23)43)36-25(13-20-21(53-36)11-19(41)12-22(20)54-37-34(48)32(46)30(44)26(14-39)56-37)55-38-35(49)33(47)31(45)27(57-38)15-52-28(42)8-5-16-3-6-18(40)7-4-16/h3-13,26-27,30-35,37-39,44-49H,14-15H2,1-2H3,(H2-,40,41,42,43)/p+1/t26?,27-,30-,31-,32+,33?,34?,35?,37-,38-/m1/s1. The molecule has 0 spiro atoms. The normalized spacial score (nSPS) is 27.6. The average Bonchev–Trinajstić information content (AvgIpc) is 3.20. The van der Waals surface area contributed by atoms with Crippen molar-refractivity contribution in [2.75, 3.05) is 27.4 Å². The molecule has 306 valence electrons. The summed E-state index contributed by atoms with van der Waals surface area (Å²) < 4.78 is 45.3. The molecule has 2 aliphatic heterocycles. The highest BCUT2D eigenvalue weighted by atomic mass is 16.7. The summed E-state index contributed by atoms with van der Waals surface area (Å²) in [6.45, 7) is -1.36. The third-order valence-electron chi connectivity index (χ3n) is 9.24. The van der Waals surface area contributed by atoms with Crippen LogP contribution in [0.1, 0.15) is 5.56 Å². The predicted molar refractivity (Wildman–Crippen MR) is 192 cm³/mol. The van der Waals surface area contributed by atoms with Crippen LogP contribution in [0.3, 0.4) is 0 Å². The average molecular weight is 802 g/mol. The van der Waals surface area contributed by atoms with Crippen molar-refractivity contribution in [2.45, 2.75) is 61.4 Å². The number of benzene rings is 3. The summed E-state index contributed by atoms with van der Waals surface area (Å²) >= 11 is 0. The minimum atomic E-state index is -1.92. The summed E-state index contributed by atoms with van der Waals surface area (Å²) in [6.07, 6.45) is -14.7. The van der Waals surface area contributed by atoms with Gasteiger partial charge in [-0.15, -0.1) is 0 Å². The van der Waals surface area contributed by atoms with Gasteiger partial charge >= 0.3 is 17.3 Å². The Morgan fingerprint density at radius 1 is 0.702 bits per heavy atom. The fourth-order valence-electron chi connectivity index (χ4n) is 6.11. The van der Waals surface area contributed by atoms with Crippen molar-refractivity contribution in [1.29, 1.82) is 0 Å². The van der Waals surface area contributed by atoms with Crippen molar-refractivity contribution in [1.82, 2.24) is 0 Å². The first kappa shape index (κ1) is 41.2. The summed E-state index contributed by atoms with van der Waals surface area (Å²) in [7, 11) is 2.56. The first-order valence-corrected chi connectivity index (χ1v) is 17.3. The predicted octanol–water partition coefficient (Wildman–Crippen LogP) is 0.137. The molecule has 1 aromatic heterocycles. The molecule has 10 N–H and O–H groups in total. The van der Waals surface area contributed by atoms with Crippen LogP contribution in [0.2, 0.25) is 0 Å². The van der Waals surface area contributed by atoms with Crippen LogP contribution in [0.25, 0.3) is 28.4 Å². The summed E-state index contributed by atoms with van der Waals surface area (Å²) in [5.74, 6) is -2.39. The van der Waals surface area contributed by atoms with Gasteiger partial charge in [-0.1, -0.05) is 12.1 Å². The summed E-state index contributed by atoms with van der Waals surface area (Å²) in [4.78, 5) is 12.5. The molecule has 2 fully saturated rings. The van der Waals surface area contributed by atoms with Gasteiger partial charge < -0.3 is 84.2 Å². The monoisotopic (exact) mass is 801 g/mol. The van der Waals surface area contributed by atoms with E-state index in [0.717, 1.165) is 12.1 Å². The van der Waals surface area contributed by atoms with Crippen LogP contribution in [-0.4, -0.2) is 146 Å². The van der Waals surface area contributed by atoms with Crippen LogP contribution in [0.15, 0.2) is 65.1 Å². The zero-order valence-corrected chi connectivity index (χ0v) is 30.2. The van der Waals surface area contributed by atoms with Crippen LogP contribution < -0.4 is 18.9 Å². The highest BCUT2D eigenvalue weighted by Gasteiger charge is 2.47. The third-order valence-corrected chi connectivity index (χ3v) is 9.24. The molecular weight excluding hydrogens is 760 g/mol. The van der Waals surface area contributed by atoms with Gasteiger partial charge in [0.05, 0.1) is 32.5 Å². The lowest BCUT2D eigenvalue weighted by Crippen LogP contribution is -2.60. The number of phenols is 3. The first-order valence-electron chi connectivity index (χ1n) is 17.3. The molecule has 3 heterocycles. The Morgan fingerprint density at radius 3 is 1.88 bits per heavy atom. The molecule has 3 aromatic carbocycles. The Kier molecular flexibility index (Phi) is 12.5. The molecule has 4 aromatic rings. The summed E-state index contributed by atoms with van der Waals surface area (Å²) in [6, 6.07) is 12.2. The number of ether oxygens (including phenoxy) is 7. The maximum atomic E-state index is 12.5. The number of carbonyl (C=O) groups excluding carboxylic acids is 1. The highest BCUT2D eigenvalue weighted by molar-refractivity contribution is 5.89. The van der Waals surface area contributed by atoms with Crippen LogP contribution in [-0.2, 0) is 19.0 Å². The van der Waals surface area contributed by atoms with Gasteiger partial charge in [-0.25, -0.2) is 9.21 Å². The molecule has 0 radical (unpaired) electrons. The number of fused-ring (bicyclic) bond motifs is 1. The van der Waals surface area contributed by atoms with E-state index < -0.39 is 86.3 Å². The molecule has 57 heavy (non-hydrogen) atoms. The van der Waals surface area contributed by atoms with Crippen LogP contribution in [0.4, 0.5) is 0 Å². The maximum absolute atomic E-state index is 12.5. The largest absolute Gasteiger partial charge is 0.508 e. The molecule has 19 nitrogen and oxygen atoms in total. The Hall–Kier alpha value is -5.48. The van der Waals surface area contributed by atoms with E-state index in [4.69, 9.17) is 37.6 Å². The van der Waals surface area contributed by atoms with Gasteiger partial charge in [0.1, 0.15) is 78.1 Å². The fraction of sp³-hybridized carbons (Fsp3) is 0.368. The van der Waals surface area contributed by atoms with Crippen molar-refractivity contribution in [3.63, 3.8) is 0 Å². The molecule has 2 aliphatic rings. The number of hydrogen-bond acceptors (Lipinski definition) is 18. The van der Waals surface area contributed by atoms with Crippen molar-refractivity contribution >= 4 is 23.0 Å². The second-order valence-corrected chi connectivity index (χ2v) is 13.0. The fourth-order valence-corrected chi connectivity index (χ4v) is 6.11. The molecule has 0 amide bonds. The van der Waals surface area contributed by atoms with E-state index >= 15 is 0 Å². The molecule has 19 heteroatoms. The van der Waals surface area contributed by atoms with E-state index in [1.165, 1.54) is 56.7 Å². The molecule has 0 aliphatic carbocycles. The van der Waals surface area contributed by atoms with Crippen molar-refractivity contribution in [2.24, 2.45) is 0 Å². The zero-order valence-electron chi connectivity index (χ0n) is 30.2. The van der Waals surface area contributed by atoms with Crippen molar-refractivity contribution in [3.8, 4) is 51.6 Å². The minimum Gasteiger partial charge on any atom is -0.508 e. The number of rotatable bonds is 12. The molecule has 2 saturated heterocycles. The Balaban J connectivity index is 1.36. The van der Waals surface area contributed by atoms with E-state index in [1.54, 1.807) is 12.1 Å². The Bertz CT molecular complexity index is 2040. The number of carbonyl (C=O) groups is 1. The number of aromatic hydroxyl groups is 3. The number of aliphatic hydroxyl groups is 7.